The van der Waals surface area contributed by atoms with Crippen LogP contribution in [0.4, 0.5) is 11.8 Å². The molecule has 0 amide bonds. The van der Waals surface area contributed by atoms with Gasteiger partial charge in [-0.15, -0.1) is 0 Å². The zero-order valence-electron chi connectivity index (χ0n) is 18.8. The van der Waals surface area contributed by atoms with Crippen LogP contribution < -0.4 is 16.7 Å². The average molecular weight is 419 g/mol. The smallest absolute Gasteiger partial charge is 0.327 e. The summed E-state index contributed by atoms with van der Waals surface area (Å²) in [5.74, 6) is 1.53. The van der Waals surface area contributed by atoms with E-state index < -0.39 is 0 Å². The predicted octanol–water partition coefficient (Wildman–Crippen LogP) is 1.97. The number of piperazine rings is 1. The predicted molar refractivity (Wildman–Crippen MR) is 123 cm³/mol. The molecule has 9 nitrogen and oxygen atoms in total. The first kappa shape index (κ1) is 22.6. The summed E-state index contributed by atoms with van der Waals surface area (Å²) in [6.07, 6.45) is 4.12. The fraction of sp³-hybridized carbons (Fsp3) is 0.762. The second-order valence-corrected chi connectivity index (χ2v) is 8.74. The molecule has 3 heterocycles. The van der Waals surface area contributed by atoms with Crippen molar-refractivity contribution >= 4 is 22.9 Å². The molecule has 2 aromatic rings. The highest BCUT2D eigenvalue weighted by molar-refractivity contribution is 5.82. The van der Waals surface area contributed by atoms with Gasteiger partial charge in [0.15, 0.2) is 11.5 Å². The van der Waals surface area contributed by atoms with E-state index in [1.807, 2.05) is 0 Å². The Bertz CT molecular complexity index is 851. The average Bonchev–Trinajstić information content (AvgIpc) is 3.02. The molecule has 1 aliphatic heterocycles. The second kappa shape index (κ2) is 10.8. The van der Waals surface area contributed by atoms with Gasteiger partial charge in [0.1, 0.15) is 5.52 Å². The first-order valence-corrected chi connectivity index (χ1v) is 11.4. The van der Waals surface area contributed by atoms with Crippen LogP contribution in [-0.4, -0.2) is 75.1 Å². The highest BCUT2D eigenvalue weighted by Gasteiger charge is 2.17. The maximum Gasteiger partial charge on any atom is 0.327 e. The number of unbranched alkanes of at least 4 members (excludes halogenated alkanes) is 2. The van der Waals surface area contributed by atoms with E-state index in [4.69, 9.17) is 5.73 Å². The summed E-state index contributed by atoms with van der Waals surface area (Å²) in [4.78, 5) is 29.1. The third-order valence-electron chi connectivity index (χ3n) is 5.66. The monoisotopic (exact) mass is 418 g/mol. The van der Waals surface area contributed by atoms with Gasteiger partial charge in [0.25, 0.3) is 0 Å². The molecule has 1 aliphatic rings. The van der Waals surface area contributed by atoms with Crippen molar-refractivity contribution in [2.45, 2.75) is 53.0 Å². The number of H-pyrrole nitrogens is 1. The van der Waals surface area contributed by atoms with Gasteiger partial charge in [0.2, 0.25) is 5.95 Å². The van der Waals surface area contributed by atoms with Gasteiger partial charge in [0, 0.05) is 45.8 Å². The van der Waals surface area contributed by atoms with Crippen molar-refractivity contribution in [2.75, 3.05) is 56.9 Å². The Balaban J connectivity index is 1.52. The number of nitrogens with two attached hydrogens (primary N) is 1. The summed E-state index contributed by atoms with van der Waals surface area (Å²) < 4.78 is 1.69. The van der Waals surface area contributed by atoms with E-state index in [0.29, 0.717) is 29.5 Å². The van der Waals surface area contributed by atoms with Crippen molar-refractivity contribution in [3.05, 3.63) is 10.5 Å². The van der Waals surface area contributed by atoms with E-state index in [1.165, 1.54) is 6.54 Å². The minimum Gasteiger partial charge on any atom is -0.382 e. The lowest BCUT2D eigenvalue weighted by atomic mass is 10.2. The standard InChI is InChI=1S/C21H38N8O/c1-4-5-8-23-20-25-18(22)17-19(26-20)29(21(30)24-17)10-7-6-9-27-11-13-28(14-12-27)15-16(2)3/h16H,4-15H2,1-3H3,(H,24,30)(H3,22,23,25,26). The normalized spacial score (nSPS) is 16.0. The zero-order chi connectivity index (χ0) is 21.5. The van der Waals surface area contributed by atoms with E-state index in [1.54, 1.807) is 4.57 Å². The molecule has 2 aromatic heterocycles. The minimum atomic E-state index is -0.168. The number of fused-ring (bicyclic) bond motifs is 1. The first-order valence-electron chi connectivity index (χ1n) is 11.4. The Morgan fingerprint density at radius 2 is 1.77 bits per heavy atom. The van der Waals surface area contributed by atoms with E-state index >= 15 is 0 Å². The number of nitrogens with zero attached hydrogens (tertiary/aromatic N) is 5. The largest absolute Gasteiger partial charge is 0.382 e. The first-order chi connectivity index (χ1) is 14.5. The van der Waals surface area contributed by atoms with Crippen LogP contribution in [0.1, 0.15) is 46.5 Å². The molecule has 0 aliphatic carbocycles. The summed E-state index contributed by atoms with van der Waals surface area (Å²) in [5, 5.41) is 3.20. The molecule has 168 valence electrons. The van der Waals surface area contributed by atoms with Crippen LogP contribution in [0.15, 0.2) is 4.79 Å². The van der Waals surface area contributed by atoms with Crippen molar-refractivity contribution in [2.24, 2.45) is 5.92 Å². The molecule has 0 atom stereocenters. The molecule has 0 saturated carbocycles. The minimum absolute atomic E-state index is 0.168. The molecular weight excluding hydrogens is 380 g/mol. The lowest BCUT2D eigenvalue weighted by Gasteiger charge is -2.35. The van der Waals surface area contributed by atoms with Gasteiger partial charge in [-0.2, -0.15) is 9.97 Å². The van der Waals surface area contributed by atoms with Gasteiger partial charge in [-0.1, -0.05) is 27.2 Å². The number of aromatic amines is 1. The van der Waals surface area contributed by atoms with Gasteiger partial charge >= 0.3 is 5.69 Å². The quantitative estimate of drug-likeness (QED) is 0.479. The van der Waals surface area contributed by atoms with Crippen molar-refractivity contribution in [1.82, 2.24) is 29.3 Å². The molecule has 4 N–H and O–H groups in total. The fourth-order valence-corrected chi connectivity index (χ4v) is 4.03. The number of aryl methyl sites for hydroxylation is 1. The summed E-state index contributed by atoms with van der Waals surface area (Å²) in [6.45, 7) is 15.0. The molecule has 0 aromatic carbocycles. The number of hydrogen-bond donors (Lipinski definition) is 3. The van der Waals surface area contributed by atoms with Gasteiger partial charge in [-0.05, 0) is 31.7 Å². The summed E-state index contributed by atoms with van der Waals surface area (Å²) >= 11 is 0. The third kappa shape index (κ3) is 5.95. The summed E-state index contributed by atoms with van der Waals surface area (Å²) in [5.41, 5.74) is 7.01. The number of aromatic nitrogens is 4. The van der Waals surface area contributed by atoms with Gasteiger partial charge in [-0.25, -0.2) is 4.79 Å². The molecule has 0 unspecified atom stereocenters. The number of nitrogen functional groups attached to an aromatic ring is 1. The topological polar surface area (TPSA) is 108 Å². The van der Waals surface area contributed by atoms with Crippen LogP contribution in [0.25, 0.3) is 11.2 Å². The van der Waals surface area contributed by atoms with Crippen LogP contribution in [0.3, 0.4) is 0 Å². The third-order valence-corrected chi connectivity index (χ3v) is 5.66. The maximum absolute atomic E-state index is 12.4. The van der Waals surface area contributed by atoms with Crippen LogP contribution in [0.5, 0.6) is 0 Å². The molecule has 9 heteroatoms. The number of hydrogen-bond acceptors (Lipinski definition) is 7. The van der Waals surface area contributed by atoms with E-state index in [0.717, 1.165) is 70.9 Å². The number of anilines is 2. The number of rotatable bonds is 11. The lowest BCUT2D eigenvalue weighted by molar-refractivity contribution is 0.120. The van der Waals surface area contributed by atoms with Crippen molar-refractivity contribution in [3.8, 4) is 0 Å². The van der Waals surface area contributed by atoms with E-state index in [2.05, 4.69) is 50.8 Å². The van der Waals surface area contributed by atoms with Crippen LogP contribution in [0, 0.1) is 5.92 Å². The second-order valence-electron chi connectivity index (χ2n) is 8.74. The van der Waals surface area contributed by atoms with E-state index in [-0.39, 0.29) is 5.69 Å². The van der Waals surface area contributed by atoms with Crippen LogP contribution in [-0.2, 0) is 6.54 Å². The van der Waals surface area contributed by atoms with Crippen molar-refractivity contribution in [1.29, 1.82) is 0 Å². The van der Waals surface area contributed by atoms with E-state index in [9.17, 15) is 4.79 Å². The Labute approximate surface area is 179 Å². The number of nitrogens with one attached hydrogen (secondary N) is 2. The molecule has 1 fully saturated rings. The molecule has 1 saturated heterocycles. The van der Waals surface area contributed by atoms with Crippen LogP contribution >= 0.6 is 0 Å². The SMILES string of the molecule is CCCCNc1nc(N)c2[nH]c(=O)n(CCCCN3CCN(CC(C)C)CC3)c2n1. The molecular formula is C21H38N8O. The van der Waals surface area contributed by atoms with Gasteiger partial charge in [0.05, 0.1) is 0 Å². The van der Waals surface area contributed by atoms with Crippen molar-refractivity contribution < 1.29 is 0 Å². The Morgan fingerprint density at radius 1 is 1.07 bits per heavy atom. The van der Waals surface area contributed by atoms with Gasteiger partial charge in [-0.3, -0.25) is 4.57 Å². The molecule has 30 heavy (non-hydrogen) atoms. The number of imidazole rings is 1. The maximum atomic E-state index is 12.4. The highest BCUT2D eigenvalue weighted by atomic mass is 16.1. The van der Waals surface area contributed by atoms with Crippen molar-refractivity contribution in [3.63, 3.8) is 0 Å². The summed E-state index contributed by atoms with van der Waals surface area (Å²) in [7, 11) is 0. The Kier molecular flexibility index (Phi) is 8.09. The highest BCUT2D eigenvalue weighted by Crippen LogP contribution is 2.17. The lowest BCUT2D eigenvalue weighted by Crippen LogP contribution is -2.47. The fourth-order valence-electron chi connectivity index (χ4n) is 4.03. The van der Waals surface area contributed by atoms with Gasteiger partial charge < -0.3 is 25.8 Å². The summed E-state index contributed by atoms with van der Waals surface area (Å²) in [6, 6.07) is 0. The Morgan fingerprint density at radius 3 is 2.47 bits per heavy atom. The molecule has 0 radical (unpaired) electrons. The molecule has 3 rings (SSSR count). The van der Waals surface area contributed by atoms with Crippen LogP contribution in [0.2, 0.25) is 0 Å². The molecule has 0 bridgehead atoms. The zero-order valence-corrected chi connectivity index (χ0v) is 18.8. The Hall–Kier alpha value is -2.13. The molecule has 0 spiro atoms.